The van der Waals surface area contributed by atoms with Crippen LogP contribution in [0.4, 0.5) is 18.9 Å². The lowest BCUT2D eigenvalue weighted by molar-refractivity contribution is -0.137. The molecule has 2 N–H and O–H groups in total. The molecule has 3 rings (SSSR count). The predicted molar refractivity (Wildman–Crippen MR) is 99.9 cm³/mol. The molecular weight excluding hydrogens is 387 g/mol. The lowest BCUT2D eigenvalue weighted by atomic mass is 10.2. The molecule has 0 fully saturated rings. The molecule has 1 heterocycles. The van der Waals surface area contributed by atoms with Crippen molar-refractivity contribution in [1.82, 2.24) is 9.78 Å². The molecule has 0 aliphatic rings. The molecule has 0 bridgehead atoms. The smallest absolute Gasteiger partial charge is 0.392 e. The zero-order valence-electron chi connectivity index (χ0n) is 15.2. The molecule has 0 saturated carbocycles. The second kappa shape index (κ2) is 7.88. The number of aliphatic hydroxyl groups is 1. The zero-order valence-corrected chi connectivity index (χ0v) is 15.2. The monoisotopic (exact) mass is 403 g/mol. The van der Waals surface area contributed by atoms with Crippen molar-refractivity contribution in [3.8, 4) is 5.69 Å². The van der Waals surface area contributed by atoms with E-state index in [1.54, 1.807) is 18.2 Å². The Bertz CT molecular complexity index is 1120. The molecule has 0 aliphatic carbocycles. The molecule has 0 saturated heterocycles. The van der Waals surface area contributed by atoms with Gasteiger partial charge >= 0.3 is 6.18 Å². The Morgan fingerprint density at radius 3 is 2.55 bits per heavy atom. The van der Waals surface area contributed by atoms with Crippen molar-refractivity contribution in [2.45, 2.75) is 19.7 Å². The zero-order chi connectivity index (χ0) is 21.2. The molecule has 0 aliphatic heterocycles. The fraction of sp³-hybridized carbons (Fsp3) is 0.150. The summed E-state index contributed by atoms with van der Waals surface area (Å²) >= 11 is 0. The Hall–Kier alpha value is -3.46. The van der Waals surface area contributed by atoms with Gasteiger partial charge in [-0.25, -0.2) is 4.68 Å². The summed E-state index contributed by atoms with van der Waals surface area (Å²) in [7, 11) is 0. The minimum atomic E-state index is -4.54. The summed E-state index contributed by atoms with van der Waals surface area (Å²) in [5.41, 5.74) is -0.775. The molecule has 1 aromatic heterocycles. The van der Waals surface area contributed by atoms with E-state index in [0.29, 0.717) is 11.3 Å². The van der Waals surface area contributed by atoms with Crippen LogP contribution in [-0.4, -0.2) is 20.8 Å². The predicted octanol–water partition coefficient (Wildman–Crippen LogP) is 3.30. The molecule has 150 valence electrons. The van der Waals surface area contributed by atoms with Crippen molar-refractivity contribution < 1.29 is 23.1 Å². The van der Waals surface area contributed by atoms with E-state index in [2.05, 4.69) is 10.4 Å². The number of hydrogen-bond donors (Lipinski definition) is 2. The van der Waals surface area contributed by atoms with E-state index in [-0.39, 0.29) is 18.0 Å². The van der Waals surface area contributed by atoms with Crippen LogP contribution >= 0.6 is 0 Å². The van der Waals surface area contributed by atoms with Crippen LogP contribution in [0, 0.1) is 6.92 Å². The number of aromatic nitrogens is 2. The maximum atomic E-state index is 13.0. The van der Waals surface area contributed by atoms with Gasteiger partial charge in [-0.15, -0.1) is 0 Å². The van der Waals surface area contributed by atoms with Gasteiger partial charge < -0.3 is 10.4 Å². The van der Waals surface area contributed by atoms with Crippen LogP contribution in [0.3, 0.4) is 0 Å². The molecule has 9 heteroatoms. The molecule has 0 radical (unpaired) electrons. The third-order valence-corrected chi connectivity index (χ3v) is 4.11. The van der Waals surface area contributed by atoms with E-state index >= 15 is 0 Å². The van der Waals surface area contributed by atoms with E-state index in [4.69, 9.17) is 0 Å². The summed E-state index contributed by atoms with van der Waals surface area (Å²) < 4.78 is 40.1. The van der Waals surface area contributed by atoms with Crippen molar-refractivity contribution in [2.75, 3.05) is 5.32 Å². The minimum Gasteiger partial charge on any atom is -0.392 e. The summed E-state index contributed by atoms with van der Waals surface area (Å²) in [4.78, 5) is 24.8. The van der Waals surface area contributed by atoms with Gasteiger partial charge in [-0.2, -0.15) is 18.3 Å². The highest BCUT2D eigenvalue weighted by Gasteiger charge is 2.30. The fourth-order valence-corrected chi connectivity index (χ4v) is 2.72. The van der Waals surface area contributed by atoms with E-state index in [1.165, 1.54) is 25.1 Å². The lowest BCUT2D eigenvalue weighted by Gasteiger charge is -2.13. The molecule has 0 atom stereocenters. The number of aliphatic hydroxyl groups excluding tert-OH is 1. The van der Waals surface area contributed by atoms with E-state index in [0.717, 1.165) is 22.9 Å². The number of nitrogens with one attached hydrogen (secondary N) is 1. The number of nitrogens with zero attached hydrogens (tertiary/aromatic N) is 2. The number of amides is 1. The summed E-state index contributed by atoms with van der Waals surface area (Å²) in [6.45, 7) is 1.27. The Morgan fingerprint density at radius 1 is 1.14 bits per heavy atom. The van der Waals surface area contributed by atoms with E-state index in [9.17, 15) is 27.9 Å². The van der Waals surface area contributed by atoms with Crippen LogP contribution in [-0.2, 0) is 12.8 Å². The second-order valence-corrected chi connectivity index (χ2v) is 6.27. The minimum absolute atomic E-state index is 0.0636. The van der Waals surface area contributed by atoms with Crippen molar-refractivity contribution >= 4 is 11.6 Å². The molecule has 3 aromatic rings. The van der Waals surface area contributed by atoms with Crippen LogP contribution in [0.1, 0.15) is 27.3 Å². The first-order valence-electron chi connectivity index (χ1n) is 8.49. The van der Waals surface area contributed by atoms with Gasteiger partial charge in [-0.05, 0) is 42.8 Å². The number of benzene rings is 2. The van der Waals surface area contributed by atoms with Crippen LogP contribution < -0.4 is 10.7 Å². The summed E-state index contributed by atoms with van der Waals surface area (Å²) in [6.07, 6.45) is -4.54. The number of hydrogen-bond acceptors (Lipinski definition) is 4. The highest BCUT2D eigenvalue weighted by atomic mass is 19.4. The first-order valence-corrected chi connectivity index (χ1v) is 8.49. The molecular formula is C20H16F3N3O3. The van der Waals surface area contributed by atoms with Gasteiger partial charge in [0.25, 0.3) is 5.91 Å². The van der Waals surface area contributed by atoms with E-state index in [1.807, 2.05) is 0 Å². The molecule has 6 nitrogen and oxygen atoms in total. The Kier molecular flexibility index (Phi) is 5.51. The average Bonchev–Trinajstić information content (AvgIpc) is 2.67. The van der Waals surface area contributed by atoms with Gasteiger partial charge in [0.1, 0.15) is 0 Å². The van der Waals surface area contributed by atoms with Crippen LogP contribution in [0.25, 0.3) is 5.69 Å². The fourth-order valence-electron chi connectivity index (χ4n) is 2.72. The molecule has 0 unspecified atom stereocenters. The largest absolute Gasteiger partial charge is 0.416 e. The third kappa shape index (κ3) is 4.52. The van der Waals surface area contributed by atoms with Crippen LogP contribution in [0.5, 0.6) is 0 Å². The van der Waals surface area contributed by atoms with Gasteiger partial charge in [0.05, 0.1) is 17.9 Å². The molecule has 1 amide bonds. The highest BCUT2D eigenvalue weighted by Crippen LogP contribution is 2.30. The standard InChI is InChI=1S/C20H16F3N3O3/c1-12-8-17(28)18(19(29)24-15-6-2-4-13(9-15)11-27)25-26(12)16-7-3-5-14(10-16)20(21,22)23/h2-10,27H,11H2,1H3,(H,24,29). The highest BCUT2D eigenvalue weighted by molar-refractivity contribution is 6.02. The first kappa shape index (κ1) is 20.3. The maximum Gasteiger partial charge on any atom is 0.416 e. The molecule has 0 spiro atoms. The van der Waals surface area contributed by atoms with Crippen molar-refractivity contribution in [3.63, 3.8) is 0 Å². The summed E-state index contributed by atoms with van der Waals surface area (Å²) in [6, 6.07) is 11.9. The number of alkyl halides is 3. The lowest BCUT2D eigenvalue weighted by Crippen LogP contribution is -2.27. The maximum absolute atomic E-state index is 13.0. The summed E-state index contributed by atoms with van der Waals surface area (Å²) in [5, 5.41) is 15.7. The average molecular weight is 403 g/mol. The quantitative estimate of drug-likeness (QED) is 0.700. The van der Waals surface area contributed by atoms with Gasteiger partial charge in [-0.3, -0.25) is 9.59 Å². The molecule has 2 aromatic carbocycles. The summed E-state index contributed by atoms with van der Waals surface area (Å²) in [5.74, 6) is -0.814. The van der Waals surface area contributed by atoms with Gasteiger partial charge in [0.2, 0.25) is 5.43 Å². The second-order valence-electron chi connectivity index (χ2n) is 6.27. The Balaban J connectivity index is 2.00. The van der Waals surface area contributed by atoms with Crippen LogP contribution in [0.2, 0.25) is 0 Å². The number of rotatable bonds is 4. The van der Waals surface area contributed by atoms with Crippen molar-refractivity contribution in [1.29, 1.82) is 0 Å². The van der Waals surface area contributed by atoms with Gasteiger partial charge in [0.15, 0.2) is 5.69 Å². The number of aryl methyl sites for hydroxylation is 1. The van der Waals surface area contributed by atoms with Crippen molar-refractivity contribution in [3.05, 3.63) is 87.3 Å². The first-order chi connectivity index (χ1) is 13.7. The number of carbonyl (C=O) groups is 1. The van der Waals surface area contributed by atoms with Crippen molar-refractivity contribution in [2.24, 2.45) is 0 Å². The Labute approximate surface area is 163 Å². The van der Waals surface area contributed by atoms with E-state index < -0.39 is 28.8 Å². The van der Waals surface area contributed by atoms with Gasteiger partial charge in [0, 0.05) is 17.4 Å². The SMILES string of the molecule is Cc1cc(=O)c(C(=O)Nc2cccc(CO)c2)nn1-c1cccc(C(F)(F)F)c1. The molecule has 29 heavy (non-hydrogen) atoms. The van der Waals surface area contributed by atoms with Gasteiger partial charge in [-0.1, -0.05) is 18.2 Å². The number of carbonyl (C=O) groups excluding carboxylic acids is 1. The third-order valence-electron chi connectivity index (χ3n) is 4.11. The normalized spacial score (nSPS) is 11.3. The van der Waals surface area contributed by atoms with Crippen LogP contribution in [0.15, 0.2) is 59.4 Å². The Morgan fingerprint density at radius 2 is 1.86 bits per heavy atom. The number of anilines is 1. The number of halogens is 3. The topological polar surface area (TPSA) is 84.2 Å².